The Kier molecular flexibility index (Phi) is 4.98. The Bertz CT molecular complexity index is 783. The van der Waals surface area contributed by atoms with Crippen molar-refractivity contribution in [1.29, 1.82) is 0 Å². The van der Waals surface area contributed by atoms with E-state index in [1.165, 1.54) is 0 Å². The quantitative estimate of drug-likeness (QED) is 0.895. The average Bonchev–Trinajstić information content (AvgIpc) is 3.11. The number of nitrogens with one attached hydrogen (secondary N) is 1. The molecule has 1 amide bonds. The molecule has 0 spiro atoms. The number of morpholine rings is 1. The Hall–Kier alpha value is -1.89. The van der Waals surface area contributed by atoms with Gasteiger partial charge >= 0.3 is 0 Å². The molecule has 0 aliphatic carbocycles. The molecule has 1 aromatic heterocycles. The first kappa shape index (κ1) is 17.5. The predicted molar refractivity (Wildman–Crippen MR) is 100 cm³/mol. The molecule has 1 saturated heterocycles. The first-order valence-corrected chi connectivity index (χ1v) is 9.44. The zero-order chi connectivity index (χ0) is 18.1. The fourth-order valence-corrected chi connectivity index (χ4v) is 3.74. The minimum atomic E-state index is -0.112. The van der Waals surface area contributed by atoms with Crippen LogP contribution in [-0.4, -0.2) is 64.6 Å². The van der Waals surface area contributed by atoms with Crippen LogP contribution in [0.3, 0.4) is 0 Å². The number of carbonyl (C=O) groups is 1. The summed E-state index contributed by atoms with van der Waals surface area (Å²) in [7, 11) is 0. The Morgan fingerprint density at radius 3 is 2.69 bits per heavy atom. The Balaban J connectivity index is 1.47. The molecule has 4 rings (SSSR count). The first-order chi connectivity index (χ1) is 12.6. The summed E-state index contributed by atoms with van der Waals surface area (Å²) in [5.41, 5.74) is 3.09. The molecule has 6 nitrogen and oxygen atoms in total. The zero-order valence-electron chi connectivity index (χ0n) is 14.9. The van der Waals surface area contributed by atoms with Crippen molar-refractivity contribution in [3.05, 3.63) is 40.7 Å². The van der Waals surface area contributed by atoms with E-state index >= 15 is 0 Å². The molecule has 26 heavy (non-hydrogen) atoms. The average molecular weight is 375 g/mol. The fraction of sp³-hybridized carbons (Fsp3) is 0.474. The molecule has 1 atom stereocenters. The number of aromatic nitrogens is 2. The highest BCUT2D eigenvalue weighted by molar-refractivity contribution is 6.30. The molecule has 2 aliphatic heterocycles. The van der Waals surface area contributed by atoms with Gasteiger partial charge in [0.05, 0.1) is 37.2 Å². The number of fused-ring (bicyclic) bond motifs is 1. The van der Waals surface area contributed by atoms with Crippen molar-refractivity contribution < 1.29 is 9.53 Å². The van der Waals surface area contributed by atoms with Gasteiger partial charge in [0, 0.05) is 36.6 Å². The second kappa shape index (κ2) is 7.39. The Labute approximate surface area is 158 Å². The summed E-state index contributed by atoms with van der Waals surface area (Å²) < 4.78 is 5.39. The third-order valence-corrected chi connectivity index (χ3v) is 5.46. The maximum Gasteiger partial charge on any atom is 0.240 e. The third kappa shape index (κ3) is 3.49. The van der Waals surface area contributed by atoms with Crippen LogP contribution in [0, 0.1) is 0 Å². The van der Waals surface area contributed by atoms with E-state index in [4.69, 9.17) is 21.3 Å². The van der Waals surface area contributed by atoms with Crippen molar-refractivity contribution in [2.75, 3.05) is 32.8 Å². The summed E-state index contributed by atoms with van der Waals surface area (Å²) in [6.45, 7) is 6.33. The lowest BCUT2D eigenvalue weighted by atomic mass is 10.1. The van der Waals surface area contributed by atoms with Crippen molar-refractivity contribution in [2.24, 2.45) is 0 Å². The summed E-state index contributed by atoms with van der Waals surface area (Å²) in [5, 5.41) is 0.707. The van der Waals surface area contributed by atoms with Crippen LogP contribution in [0.15, 0.2) is 24.3 Å². The van der Waals surface area contributed by atoms with Gasteiger partial charge in [0.25, 0.3) is 0 Å². The van der Waals surface area contributed by atoms with Crippen molar-refractivity contribution in [1.82, 2.24) is 19.8 Å². The van der Waals surface area contributed by atoms with E-state index in [9.17, 15) is 4.79 Å². The summed E-state index contributed by atoms with van der Waals surface area (Å²) in [5.74, 6) is 1.02. The van der Waals surface area contributed by atoms with Crippen LogP contribution in [0.1, 0.15) is 18.3 Å². The van der Waals surface area contributed by atoms with E-state index in [1.807, 2.05) is 36.1 Å². The standard InChI is InChI=1S/C19H23ClN4O2/c1-13(23-8-10-26-11-9-23)19(25)24-7-6-16-17(12-24)22-18(21-16)14-2-4-15(20)5-3-14/h2-5,13H,6-12H2,1H3,(H,21,22)/t13-/m1/s1. The molecule has 138 valence electrons. The molecule has 1 fully saturated rings. The lowest BCUT2D eigenvalue weighted by Gasteiger charge is -2.35. The predicted octanol–water partition coefficient (Wildman–Crippen LogP) is 2.34. The van der Waals surface area contributed by atoms with Crippen molar-refractivity contribution in [3.63, 3.8) is 0 Å². The third-order valence-electron chi connectivity index (χ3n) is 5.21. The minimum Gasteiger partial charge on any atom is -0.379 e. The lowest BCUT2D eigenvalue weighted by Crippen LogP contribution is -2.51. The minimum absolute atomic E-state index is 0.112. The molecule has 2 aliphatic rings. The molecule has 0 radical (unpaired) electrons. The highest BCUT2D eigenvalue weighted by atomic mass is 35.5. The largest absolute Gasteiger partial charge is 0.379 e. The molecule has 2 aromatic rings. The van der Waals surface area contributed by atoms with Crippen LogP contribution >= 0.6 is 11.6 Å². The van der Waals surface area contributed by atoms with Crippen LogP contribution in [-0.2, 0) is 22.5 Å². The van der Waals surface area contributed by atoms with Crippen molar-refractivity contribution in [3.8, 4) is 11.4 Å². The van der Waals surface area contributed by atoms with Gasteiger partial charge < -0.3 is 14.6 Å². The maximum absolute atomic E-state index is 12.9. The van der Waals surface area contributed by atoms with Gasteiger partial charge in [-0.2, -0.15) is 0 Å². The normalized spacial score (nSPS) is 19.2. The number of halogens is 1. The molecule has 0 saturated carbocycles. The van der Waals surface area contributed by atoms with E-state index in [1.54, 1.807) is 0 Å². The second-order valence-corrected chi connectivity index (χ2v) is 7.29. The molecular weight excluding hydrogens is 352 g/mol. The van der Waals surface area contributed by atoms with Gasteiger partial charge in [-0.15, -0.1) is 0 Å². The zero-order valence-corrected chi connectivity index (χ0v) is 15.6. The molecule has 1 N–H and O–H groups in total. The van der Waals surface area contributed by atoms with Crippen LogP contribution in [0.25, 0.3) is 11.4 Å². The molecular formula is C19H23ClN4O2. The number of hydrogen-bond acceptors (Lipinski definition) is 4. The number of imidazole rings is 1. The topological polar surface area (TPSA) is 61.5 Å². The van der Waals surface area contributed by atoms with Crippen LogP contribution in [0.2, 0.25) is 5.02 Å². The van der Waals surface area contributed by atoms with Gasteiger partial charge in [-0.05, 0) is 31.2 Å². The number of ether oxygens (including phenoxy) is 1. The van der Waals surface area contributed by atoms with Crippen molar-refractivity contribution in [2.45, 2.75) is 25.9 Å². The number of rotatable bonds is 3. The number of benzene rings is 1. The van der Waals surface area contributed by atoms with E-state index in [-0.39, 0.29) is 11.9 Å². The highest BCUT2D eigenvalue weighted by Crippen LogP contribution is 2.24. The van der Waals surface area contributed by atoms with Gasteiger partial charge in [0.1, 0.15) is 5.82 Å². The monoisotopic (exact) mass is 374 g/mol. The second-order valence-electron chi connectivity index (χ2n) is 6.85. The molecule has 1 aromatic carbocycles. The van der Waals surface area contributed by atoms with E-state index < -0.39 is 0 Å². The van der Waals surface area contributed by atoms with E-state index in [2.05, 4.69) is 9.88 Å². The Morgan fingerprint density at radius 2 is 1.96 bits per heavy atom. The molecule has 3 heterocycles. The summed E-state index contributed by atoms with van der Waals surface area (Å²) in [6, 6.07) is 7.52. The maximum atomic E-state index is 12.9. The number of amides is 1. The van der Waals surface area contributed by atoms with Gasteiger partial charge in [-0.25, -0.2) is 4.98 Å². The number of carbonyl (C=O) groups excluding carboxylic acids is 1. The lowest BCUT2D eigenvalue weighted by molar-refractivity contribution is -0.139. The number of nitrogens with zero attached hydrogens (tertiary/aromatic N) is 3. The Morgan fingerprint density at radius 1 is 1.23 bits per heavy atom. The summed E-state index contributed by atoms with van der Waals surface area (Å²) in [6.07, 6.45) is 0.779. The first-order valence-electron chi connectivity index (χ1n) is 9.06. The number of H-pyrrole nitrogens is 1. The van der Waals surface area contributed by atoms with Crippen LogP contribution in [0.4, 0.5) is 0 Å². The molecule has 7 heteroatoms. The van der Waals surface area contributed by atoms with Crippen molar-refractivity contribution >= 4 is 17.5 Å². The van der Waals surface area contributed by atoms with Gasteiger partial charge in [0.15, 0.2) is 0 Å². The van der Waals surface area contributed by atoms with Crippen LogP contribution in [0.5, 0.6) is 0 Å². The van der Waals surface area contributed by atoms with E-state index in [0.717, 1.165) is 42.3 Å². The molecule has 0 unspecified atom stereocenters. The van der Waals surface area contributed by atoms with Gasteiger partial charge in [-0.1, -0.05) is 11.6 Å². The summed E-state index contributed by atoms with van der Waals surface area (Å²) >= 11 is 5.96. The van der Waals surface area contributed by atoms with Crippen LogP contribution < -0.4 is 0 Å². The SMILES string of the molecule is C[C@H](C(=O)N1CCc2nc(-c3ccc(Cl)cc3)[nH]c2C1)N1CCOCC1. The van der Waals surface area contributed by atoms with E-state index in [0.29, 0.717) is 31.3 Å². The molecule has 0 bridgehead atoms. The number of hydrogen-bond donors (Lipinski definition) is 1. The highest BCUT2D eigenvalue weighted by Gasteiger charge is 2.30. The number of aromatic amines is 1. The summed E-state index contributed by atoms with van der Waals surface area (Å²) in [4.78, 5) is 25.2. The van der Waals surface area contributed by atoms with Gasteiger partial charge in [-0.3, -0.25) is 9.69 Å². The fourth-order valence-electron chi connectivity index (χ4n) is 3.61. The van der Waals surface area contributed by atoms with Gasteiger partial charge in [0.2, 0.25) is 5.91 Å². The smallest absolute Gasteiger partial charge is 0.240 e.